The maximum absolute atomic E-state index is 9.99. The number of aromatic nitrogens is 2. The number of aliphatic hydroxyl groups is 1. The van der Waals surface area contributed by atoms with Crippen molar-refractivity contribution < 1.29 is 9.84 Å². The highest BCUT2D eigenvalue weighted by atomic mass is 16.5. The van der Waals surface area contributed by atoms with Crippen LogP contribution in [0.15, 0.2) is 53.7 Å². The predicted octanol–water partition coefficient (Wildman–Crippen LogP) is 1.76. The van der Waals surface area contributed by atoms with Crippen molar-refractivity contribution in [2.75, 3.05) is 20.4 Å². The number of nitrogens with zero attached hydrogens (tertiary/aromatic N) is 3. The molecule has 4 rings (SSSR count). The molecule has 1 unspecified atom stereocenters. The fourth-order valence-electron chi connectivity index (χ4n) is 3.42. The summed E-state index contributed by atoms with van der Waals surface area (Å²) in [5.74, 6) is 0.778. The van der Waals surface area contributed by atoms with E-state index in [1.165, 1.54) is 0 Å². The summed E-state index contributed by atoms with van der Waals surface area (Å²) >= 11 is 0. The molecular formula is C21H22N4O2. The van der Waals surface area contributed by atoms with Gasteiger partial charge in [-0.25, -0.2) is 0 Å². The van der Waals surface area contributed by atoms with E-state index in [0.29, 0.717) is 6.67 Å². The average molecular weight is 362 g/mol. The van der Waals surface area contributed by atoms with Crippen molar-refractivity contribution in [1.82, 2.24) is 15.1 Å². The van der Waals surface area contributed by atoms with Crippen LogP contribution >= 0.6 is 0 Å². The average Bonchev–Trinajstić information content (AvgIpc) is 3.14. The molecule has 0 amide bonds. The lowest BCUT2D eigenvalue weighted by molar-refractivity contribution is 0.178. The van der Waals surface area contributed by atoms with Gasteiger partial charge in [-0.1, -0.05) is 24.3 Å². The van der Waals surface area contributed by atoms with Gasteiger partial charge < -0.3 is 14.7 Å². The quantitative estimate of drug-likeness (QED) is 0.725. The van der Waals surface area contributed by atoms with Crippen molar-refractivity contribution in [3.05, 3.63) is 70.5 Å². The monoisotopic (exact) mass is 362 g/mol. The van der Waals surface area contributed by atoms with E-state index in [-0.39, 0.29) is 12.6 Å². The number of benzene rings is 2. The summed E-state index contributed by atoms with van der Waals surface area (Å²) in [6.45, 7) is 2.50. The number of H-pyrrole nitrogens is 1. The van der Waals surface area contributed by atoms with Gasteiger partial charge in [0.05, 0.1) is 31.3 Å². The Morgan fingerprint density at radius 2 is 2.15 bits per heavy atom. The van der Waals surface area contributed by atoms with Gasteiger partial charge in [0.25, 0.3) is 0 Å². The minimum Gasteiger partial charge on any atom is -0.497 e. The van der Waals surface area contributed by atoms with Crippen molar-refractivity contribution in [3.63, 3.8) is 0 Å². The molecule has 1 aliphatic heterocycles. The number of ether oxygens (including phenoxy) is 1. The molecule has 0 spiro atoms. The molecule has 0 fully saturated rings. The smallest absolute Gasteiger partial charge is 0.119 e. The molecule has 3 aromatic rings. The van der Waals surface area contributed by atoms with Crippen LogP contribution in [0.1, 0.15) is 17.3 Å². The van der Waals surface area contributed by atoms with Gasteiger partial charge in [-0.15, -0.1) is 0 Å². The second-order valence-electron chi connectivity index (χ2n) is 6.60. The third kappa shape index (κ3) is 3.31. The van der Waals surface area contributed by atoms with Crippen LogP contribution in [0.4, 0.5) is 0 Å². The zero-order valence-corrected chi connectivity index (χ0v) is 15.4. The highest BCUT2D eigenvalue weighted by Crippen LogP contribution is 2.25. The lowest BCUT2D eigenvalue weighted by atomic mass is 10.0. The summed E-state index contributed by atoms with van der Waals surface area (Å²) < 4.78 is 5.31. The third-order valence-corrected chi connectivity index (χ3v) is 4.93. The summed E-state index contributed by atoms with van der Waals surface area (Å²) in [6, 6.07) is 13.8. The van der Waals surface area contributed by atoms with Gasteiger partial charge in [0.1, 0.15) is 12.4 Å². The number of hydrogen-bond acceptors (Lipinski definition) is 5. The Kier molecular flexibility index (Phi) is 4.64. The number of methoxy groups -OCH3 is 1. The molecule has 6 nitrogen and oxygen atoms in total. The number of hydrogen-bond donors (Lipinski definition) is 2. The van der Waals surface area contributed by atoms with Crippen molar-refractivity contribution >= 4 is 6.20 Å². The van der Waals surface area contributed by atoms with Gasteiger partial charge in [-0.3, -0.25) is 10.1 Å². The van der Waals surface area contributed by atoms with Crippen LogP contribution in [0.25, 0.3) is 17.3 Å². The molecule has 27 heavy (non-hydrogen) atoms. The van der Waals surface area contributed by atoms with E-state index >= 15 is 0 Å². The van der Waals surface area contributed by atoms with Gasteiger partial charge in [0.2, 0.25) is 0 Å². The second kappa shape index (κ2) is 7.25. The van der Waals surface area contributed by atoms with Crippen LogP contribution < -0.4 is 15.3 Å². The van der Waals surface area contributed by atoms with E-state index in [4.69, 9.17) is 9.73 Å². The SMILES string of the molecule is COc1cccc(C(CO)N2C=c3ccc(-c4cn[nH]c4C)cc3=NC2)c1. The Hall–Kier alpha value is -3.12. The molecule has 1 atom stereocenters. The number of rotatable bonds is 5. The van der Waals surface area contributed by atoms with E-state index in [0.717, 1.165) is 38.7 Å². The molecule has 0 aliphatic carbocycles. The zero-order valence-electron chi connectivity index (χ0n) is 15.4. The summed E-state index contributed by atoms with van der Waals surface area (Å²) in [7, 11) is 1.64. The van der Waals surface area contributed by atoms with Gasteiger partial charge in [-0.05, 0) is 36.2 Å². The van der Waals surface area contributed by atoms with Gasteiger partial charge in [0, 0.05) is 22.7 Å². The first-order valence-electron chi connectivity index (χ1n) is 8.87. The maximum Gasteiger partial charge on any atom is 0.119 e. The van der Waals surface area contributed by atoms with Crippen molar-refractivity contribution in [2.45, 2.75) is 13.0 Å². The van der Waals surface area contributed by atoms with E-state index in [9.17, 15) is 5.11 Å². The van der Waals surface area contributed by atoms with Crippen LogP contribution in [0, 0.1) is 6.92 Å². The molecule has 0 radical (unpaired) electrons. The van der Waals surface area contributed by atoms with Crippen LogP contribution in [0.2, 0.25) is 0 Å². The summed E-state index contributed by atoms with van der Waals surface area (Å²) in [5.41, 5.74) is 4.21. The lowest BCUT2D eigenvalue weighted by Gasteiger charge is -2.30. The fourth-order valence-corrected chi connectivity index (χ4v) is 3.42. The van der Waals surface area contributed by atoms with E-state index < -0.39 is 0 Å². The van der Waals surface area contributed by atoms with E-state index in [1.807, 2.05) is 37.4 Å². The largest absolute Gasteiger partial charge is 0.497 e. The second-order valence-corrected chi connectivity index (χ2v) is 6.60. The molecule has 1 aromatic heterocycles. The Labute approximate surface area is 157 Å². The van der Waals surface area contributed by atoms with Crippen LogP contribution in [0.3, 0.4) is 0 Å². The first-order valence-corrected chi connectivity index (χ1v) is 8.87. The lowest BCUT2D eigenvalue weighted by Crippen LogP contribution is -2.38. The van der Waals surface area contributed by atoms with Gasteiger partial charge in [-0.2, -0.15) is 5.10 Å². The Bertz CT molecular complexity index is 1070. The highest BCUT2D eigenvalue weighted by Gasteiger charge is 2.19. The minimum atomic E-state index is -0.173. The summed E-state index contributed by atoms with van der Waals surface area (Å²) in [5, 5.41) is 19.0. The first kappa shape index (κ1) is 17.3. The number of fused-ring (bicyclic) bond motifs is 1. The predicted molar refractivity (Wildman–Crippen MR) is 104 cm³/mol. The molecule has 1 aliphatic rings. The van der Waals surface area contributed by atoms with Crippen LogP contribution in [-0.4, -0.2) is 40.6 Å². The Morgan fingerprint density at radius 1 is 1.26 bits per heavy atom. The maximum atomic E-state index is 9.99. The molecule has 138 valence electrons. The van der Waals surface area contributed by atoms with Gasteiger partial charge in [0.15, 0.2) is 0 Å². The Morgan fingerprint density at radius 3 is 2.89 bits per heavy atom. The first-order chi connectivity index (χ1) is 13.2. The standard InChI is InChI=1S/C21H22N4O2/c1-14-19(10-23-24-14)15-6-7-17-11-25(13-22-20(17)9-15)21(12-26)16-4-3-5-18(8-16)27-2/h3-11,21,26H,12-13H2,1-2H3,(H,23,24). The number of nitrogens with one attached hydrogen (secondary N) is 1. The van der Waals surface area contributed by atoms with Crippen LogP contribution in [0.5, 0.6) is 5.75 Å². The molecule has 2 N–H and O–H groups in total. The normalized spacial score (nSPS) is 14.1. The molecular weight excluding hydrogens is 340 g/mol. The molecule has 0 bridgehead atoms. The van der Waals surface area contributed by atoms with Crippen molar-refractivity contribution in [2.24, 2.45) is 4.99 Å². The fraction of sp³-hybridized carbons (Fsp3) is 0.238. The Balaban J connectivity index is 1.68. The van der Waals surface area contributed by atoms with Crippen molar-refractivity contribution in [3.8, 4) is 16.9 Å². The topological polar surface area (TPSA) is 73.7 Å². The highest BCUT2D eigenvalue weighted by molar-refractivity contribution is 5.64. The summed E-state index contributed by atoms with van der Waals surface area (Å²) in [4.78, 5) is 6.79. The number of aryl methyl sites for hydroxylation is 1. The molecule has 6 heteroatoms. The molecule has 2 aromatic carbocycles. The zero-order chi connectivity index (χ0) is 18.8. The van der Waals surface area contributed by atoms with Gasteiger partial charge >= 0.3 is 0 Å². The van der Waals surface area contributed by atoms with Crippen molar-refractivity contribution in [1.29, 1.82) is 0 Å². The van der Waals surface area contributed by atoms with E-state index in [2.05, 4.69) is 39.5 Å². The number of aliphatic hydroxyl groups excluding tert-OH is 1. The number of aromatic amines is 1. The van der Waals surface area contributed by atoms with E-state index in [1.54, 1.807) is 7.11 Å². The molecule has 0 saturated carbocycles. The van der Waals surface area contributed by atoms with Crippen LogP contribution in [-0.2, 0) is 0 Å². The molecule has 2 heterocycles. The minimum absolute atomic E-state index is 0.000812. The summed E-state index contributed by atoms with van der Waals surface area (Å²) in [6.07, 6.45) is 3.90. The molecule has 0 saturated heterocycles. The third-order valence-electron chi connectivity index (χ3n) is 4.93.